The van der Waals surface area contributed by atoms with Crippen LogP contribution in [0.5, 0.6) is 0 Å². The normalized spacial score (nSPS) is 38.7. The van der Waals surface area contributed by atoms with Crippen molar-refractivity contribution in [3.05, 3.63) is 0 Å². The van der Waals surface area contributed by atoms with E-state index in [0.29, 0.717) is 11.7 Å². The molecule has 0 aromatic rings. The minimum absolute atomic E-state index is 0.307. The van der Waals surface area contributed by atoms with E-state index in [1.165, 1.54) is 77.2 Å². The Morgan fingerprint density at radius 2 is 1.95 bits per heavy atom. The van der Waals surface area contributed by atoms with Gasteiger partial charge in [0.1, 0.15) is 0 Å². The zero-order chi connectivity index (χ0) is 13.1. The number of rotatable bonds is 3. The van der Waals surface area contributed by atoms with Crippen LogP contribution in [0.25, 0.3) is 0 Å². The molecule has 2 heteroatoms. The average Bonchev–Trinajstić information content (AvgIpc) is 2.82. The highest BCUT2D eigenvalue weighted by Crippen LogP contribution is 2.43. The Labute approximate surface area is 118 Å². The Morgan fingerprint density at radius 1 is 1.11 bits per heavy atom. The number of ether oxygens (including phenoxy) is 1. The van der Waals surface area contributed by atoms with Crippen LogP contribution < -0.4 is 5.32 Å². The van der Waals surface area contributed by atoms with Gasteiger partial charge in [0.2, 0.25) is 0 Å². The Kier molecular flexibility index (Phi) is 4.48. The Balaban J connectivity index is 1.48. The van der Waals surface area contributed by atoms with Gasteiger partial charge in [0.25, 0.3) is 0 Å². The highest BCUT2D eigenvalue weighted by Gasteiger charge is 2.41. The highest BCUT2D eigenvalue weighted by atomic mass is 16.5. The van der Waals surface area contributed by atoms with Crippen molar-refractivity contribution in [1.82, 2.24) is 5.32 Å². The zero-order valence-electron chi connectivity index (χ0n) is 12.6. The van der Waals surface area contributed by atoms with Crippen LogP contribution in [0.15, 0.2) is 0 Å². The van der Waals surface area contributed by atoms with E-state index in [9.17, 15) is 0 Å². The summed E-state index contributed by atoms with van der Waals surface area (Å²) in [5.74, 6) is 0.955. The Morgan fingerprint density at radius 3 is 2.74 bits per heavy atom. The van der Waals surface area contributed by atoms with E-state index in [1.807, 2.05) is 0 Å². The molecule has 0 amide bonds. The predicted molar refractivity (Wildman–Crippen MR) is 79.3 cm³/mol. The second kappa shape index (κ2) is 6.13. The van der Waals surface area contributed by atoms with Gasteiger partial charge in [0.15, 0.2) is 0 Å². The molecule has 3 rings (SSSR count). The summed E-state index contributed by atoms with van der Waals surface area (Å²) in [5.41, 5.74) is 0.307. The summed E-state index contributed by atoms with van der Waals surface area (Å²) in [4.78, 5) is 0. The molecule has 1 spiro atoms. The molecule has 0 radical (unpaired) electrons. The van der Waals surface area contributed by atoms with Crippen LogP contribution in [0.1, 0.15) is 77.6 Å². The number of hydrogen-bond acceptors (Lipinski definition) is 2. The molecule has 2 heterocycles. The predicted octanol–water partition coefficient (Wildman–Crippen LogP) is 4.04. The van der Waals surface area contributed by atoms with E-state index in [1.54, 1.807) is 0 Å². The molecule has 2 saturated heterocycles. The molecule has 1 aliphatic carbocycles. The lowest BCUT2D eigenvalue weighted by molar-refractivity contribution is -0.0691. The van der Waals surface area contributed by atoms with Gasteiger partial charge in [-0.05, 0) is 57.4 Å². The molecular weight excluding hydrogens is 234 g/mol. The molecule has 3 fully saturated rings. The first-order chi connectivity index (χ1) is 9.30. The van der Waals surface area contributed by atoms with Crippen LogP contribution in [0.3, 0.4) is 0 Å². The van der Waals surface area contributed by atoms with Gasteiger partial charge in [-0.15, -0.1) is 0 Å². The van der Waals surface area contributed by atoms with Gasteiger partial charge in [-0.25, -0.2) is 0 Å². The SMILES string of the molecule is CCC1CCNC(CC2CCC3(CCCCC3)O2)C1. The van der Waals surface area contributed by atoms with Gasteiger partial charge in [0.05, 0.1) is 11.7 Å². The van der Waals surface area contributed by atoms with Crippen LogP contribution >= 0.6 is 0 Å². The molecule has 3 unspecified atom stereocenters. The smallest absolute Gasteiger partial charge is 0.0687 e. The van der Waals surface area contributed by atoms with Crippen molar-refractivity contribution in [3.63, 3.8) is 0 Å². The van der Waals surface area contributed by atoms with Gasteiger partial charge in [-0.3, -0.25) is 0 Å². The minimum atomic E-state index is 0.307. The third-order valence-corrected chi connectivity index (χ3v) is 5.83. The van der Waals surface area contributed by atoms with Crippen LogP contribution in [-0.2, 0) is 4.74 Å². The van der Waals surface area contributed by atoms with Gasteiger partial charge >= 0.3 is 0 Å². The summed E-state index contributed by atoms with van der Waals surface area (Å²) in [6.07, 6.45) is 15.5. The molecule has 0 bridgehead atoms. The maximum atomic E-state index is 6.52. The minimum Gasteiger partial charge on any atom is -0.372 e. The first kappa shape index (κ1) is 13.9. The number of hydrogen-bond donors (Lipinski definition) is 1. The van der Waals surface area contributed by atoms with Crippen molar-refractivity contribution in [1.29, 1.82) is 0 Å². The monoisotopic (exact) mass is 265 g/mol. The fourth-order valence-corrected chi connectivity index (χ4v) is 4.59. The van der Waals surface area contributed by atoms with E-state index in [4.69, 9.17) is 4.74 Å². The largest absolute Gasteiger partial charge is 0.372 e. The molecule has 3 atom stereocenters. The topological polar surface area (TPSA) is 21.3 Å². The van der Waals surface area contributed by atoms with Gasteiger partial charge in [-0.1, -0.05) is 32.6 Å². The van der Waals surface area contributed by atoms with Crippen molar-refractivity contribution in [2.45, 2.75) is 95.3 Å². The molecular formula is C17H31NO. The summed E-state index contributed by atoms with van der Waals surface area (Å²) < 4.78 is 6.52. The van der Waals surface area contributed by atoms with Crippen molar-refractivity contribution in [2.24, 2.45) is 5.92 Å². The third kappa shape index (κ3) is 3.33. The van der Waals surface area contributed by atoms with Crippen LogP contribution in [0.2, 0.25) is 0 Å². The Bertz CT molecular complexity index is 285. The lowest BCUT2D eigenvalue weighted by atomic mass is 9.83. The average molecular weight is 265 g/mol. The van der Waals surface area contributed by atoms with Crippen LogP contribution in [-0.4, -0.2) is 24.3 Å². The van der Waals surface area contributed by atoms with E-state index in [0.717, 1.165) is 12.0 Å². The lowest BCUT2D eigenvalue weighted by Crippen LogP contribution is -2.40. The van der Waals surface area contributed by atoms with Crippen molar-refractivity contribution in [2.75, 3.05) is 6.54 Å². The molecule has 3 aliphatic rings. The van der Waals surface area contributed by atoms with Crippen molar-refractivity contribution >= 4 is 0 Å². The number of piperidine rings is 1. The first-order valence-corrected chi connectivity index (χ1v) is 8.71. The summed E-state index contributed by atoms with van der Waals surface area (Å²) in [7, 11) is 0. The second-order valence-corrected chi connectivity index (χ2v) is 7.21. The van der Waals surface area contributed by atoms with Gasteiger partial charge < -0.3 is 10.1 Å². The lowest BCUT2D eigenvalue weighted by Gasteiger charge is -2.35. The summed E-state index contributed by atoms with van der Waals surface area (Å²) in [6.45, 7) is 3.57. The van der Waals surface area contributed by atoms with E-state index >= 15 is 0 Å². The maximum Gasteiger partial charge on any atom is 0.0687 e. The summed E-state index contributed by atoms with van der Waals surface area (Å²) >= 11 is 0. The van der Waals surface area contributed by atoms with Crippen molar-refractivity contribution < 1.29 is 4.74 Å². The Hall–Kier alpha value is -0.0800. The van der Waals surface area contributed by atoms with E-state index < -0.39 is 0 Å². The molecule has 19 heavy (non-hydrogen) atoms. The standard InChI is InChI=1S/C17H31NO/c1-2-14-7-11-18-15(12-14)13-16-6-10-17(19-16)8-4-3-5-9-17/h14-16,18H,2-13H2,1H3. The zero-order valence-corrected chi connectivity index (χ0v) is 12.6. The maximum absolute atomic E-state index is 6.52. The highest BCUT2D eigenvalue weighted by molar-refractivity contribution is 4.93. The van der Waals surface area contributed by atoms with E-state index in [2.05, 4.69) is 12.2 Å². The summed E-state index contributed by atoms with van der Waals surface area (Å²) in [6, 6.07) is 0.724. The molecule has 1 saturated carbocycles. The quantitative estimate of drug-likeness (QED) is 0.831. The summed E-state index contributed by atoms with van der Waals surface area (Å²) in [5, 5.41) is 3.72. The van der Waals surface area contributed by atoms with Gasteiger partial charge in [0, 0.05) is 6.04 Å². The third-order valence-electron chi connectivity index (χ3n) is 5.83. The fraction of sp³-hybridized carbons (Fsp3) is 1.00. The van der Waals surface area contributed by atoms with Crippen molar-refractivity contribution in [3.8, 4) is 0 Å². The number of nitrogens with one attached hydrogen (secondary N) is 1. The molecule has 0 aromatic heterocycles. The molecule has 110 valence electrons. The van der Waals surface area contributed by atoms with Crippen LogP contribution in [0, 0.1) is 5.92 Å². The first-order valence-electron chi connectivity index (χ1n) is 8.71. The molecule has 0 aromatic carbocycles. The molecule has 2 aliphatic heterocycles. The fourth-order valence-electron chi connectivity index (χ4n) is 4.59. The van der Waals surface area contributed by atoms with E-state index in [-0.39, 0.29) is 0 Å². The molecule has 1 N–H and O–H groups in total. The van der Waals surface area contributed by atoms with Gasteiger partial charge in [-0.2, -0.15) is 0 Å². The van der Waals surface area contributed by atoms with Crippen LogP contribution in [0.4, 0.5) is 0 Å². The second-order valence-electron chi connectivity index (χ2n) is 7.21. The molecule has 2 nitrogen and oxygen atoms in total.